The zero-order chi connectivity index (χ0) is 36.8. The Bertz CT molecular complexity index is 1520. The smallest absolute Gasteiger partial charge is 0.408 e. The van der Waals surface area contributed by atoms with Gasteiger partial charge in [0.25, 0.3) is 0 Å². The zero-order valence-electron chi connectivity index (χ0n) is 27.9. The number of ether oxygens (including phenoxy) is 6. The number of aromatic nitrogens is 3. The average molecular weight is 705 g/mol. The van der Waals surface area contributed by atoms with Crippen molar-refractivity contribution in [2.75, 3.05) is 13.2 Å². The molecule has 1 fully saturated rings. The number of amides is 3. The van der Waals surface area contributed by atoms with Gasteiger partial charge in [0.15, 0.2) is 18.3 Å². The van der Waals surface area contributed by atoms with Crippen LogP contribution in [0.4, 0.5) is 4.79 Å². The summed E-state index contributed by atoms with van der Waals surface area (Å²) in [5.41, 5.74) is 5.98. The molecule has 4 N–H and O–H groups in total. The lowest BCUT2D eigenvalue weighted by atomic mass is 9.92. The molecule has 3 amide bonds. The van der Waals surface area contributed by atoms with Crippen LogP contribution in [-0.2, 0) is 70.3 Å². The maximum absolute atomic E-state index is 12.8. The molecule has 2 aromatic rings. The van der Waals surface area contributed by atoms with Crippen molar-refractivity contribution in [1.82, 2.24) is 25.6 Å². The van der Waals surface area contributed by atoms with Crippen LogP contribution in [0.1, 0.15) is 57.9 Å². The second-order valence-corrected chi connectivity index (χ2v) is 11.1. The fourth-order valence-corrected chi connectivity index (χ4v) is 4.95. The molecule has 0 unspecified atom stereocenters. The molecule has 1 aliphatic heterocycles. The molecule has 1 saturated heterocycles. The van der Waals surface area contributed by atoms with E-state index in [0.29, 0.717) is 0 Å². The van der Waals surface area contributed by atoms with E-state index in [2.05, 4.69) is 20.9 Å². The quantitative estimate of drug-likeness (QED) is 0.150. The van der Waals surface area contributed by atoms with Crippen molar-refractivity contribution in [3.8, 4) is 0 Å². The van der Waals surface area contributed by atoms with Crippen LogP contribution in [0.2, 0.25) is 0 Å². The Morgan fingerprint density at radius 3 is 2.14 bits per heavy atom. The summed E-state index contributed by atoms with van der Waals surface area (Å²) in [4.78, 5) is 84.4. The Kier molecular flexibility index (Phi) is 14.6. The zero-order valence-corrected chi connectivity index (χ0v) is 27.9. The second kappa shape index (κ2) is 18.8. The average Bonchev–Trinajstić information content (AvgIpc) is 3.51. The molecule has 0 radical (unpaired) electrons. The molecule has 6 atom stereocenters. The van der Waals surface area contributed by atoms with Crippen LogP contribution in [0.15, 0.2) is 36.5 Å². The number of benzene rings is 1. The Balaban J connectivity index is 1.77. The van der Waals surface area contributed by atoms with Crippen LogP contribution in [0.5, 0.6) is 0 Å². The Morgan fingerprint density at radius 2 is 1.52 bits per heavy atom. The second-order valence-electron chi connectivity index (χ2n) is 11.1. The number of carbonyl (C=O) groups is 7. The number of nitrogens with two attached hydrogens (primary N) is 1. The van der Waals surface area contributed by atoms with Gasteiger partial charge in [0.1, 0.15) is 37.2 Å². The lowest BCUT2D eigenvalue weighted by Gasteiger charge is -2.43. The van der Waals surface area contributed by atoms with Crippen molar-refractivity contribution in [1.29, 1.82) is 0 Å². The molecule has 2 heterocycles. The van der Waals surface area contributed by atoms with Gasteiger partial charge in [0.2, 0.25) is 11.8 Å². The molecule has 19 heteroatoms. The predicted octanol–water partition coefficient (Wildman–Crippen LogP) is -0.247. The van der Waals surface area contributed by atoms with E-state index in [0.717, 1.165) is 33.3 Å². The summed E-state index contributed by atoms with van der Waals surface area (Å²) in [6.07, 6.45) is -5.62. The summed E-state index contributed by atoms with van der Waals surface area (Å²) >= 11 is 0. The highest BCUT2D eigenvalue weighted by molar-refractivity contribution is 5.89. The third-order valence-corrected chi connectivity index (χ3v) is 6.98. The third-order valence-electron chi connectivity index (χ3n) is 6.98. The van der Waals surface area contributed by atoms with E-state index in [4.69, 9.17) is 34.2 Å². The molecule has 0 bridgehead atoms. The number of primary amides is 1. The molecule has 1 aromatic carbocycles. The van der Waals surface area contributed by atoms with Gasteiger partial charge in [0.05, 0.1) is 12.7 Å². The first-order valence-electron chi connectivity index (χ1n) is 15.5. The normalized spacial score (nSPS) is 20.4. The maximum Gasteiger partial charge on any atom is 0.408 e. The molecule has 0 saturated carbocycles. The third kappa shape index (κ3) is 12.5. The first-order valence-corrected chi connectivity index (χ1v) is 15.5. The summed E-state index contributed by atoms with van der Waals surface area (Å²) in [5, 5.41) is 13.1. The molecule has 50 heavy (non-hydrogen) atoms. The van der Waals surface area contributed by atoms with Crippen LogP contribution in [0, 0.1) is 0 Å². The van der Waals surface area contributed by atoms with Gasteiger partial charge in [-0.05, 0) is 18.4 Å². The van der Waals surface area contributed by atoms with Crippen molar-refractivity contribution >= 4 is 41.8 Å². The fourth-order valence-electron chi connectivity index (χ4n) is 4.95. The SMILES string of the molecule is CC(=O)OC[C@H]1O[C@@H](c2cn(CCC[C@H](NC(=O)OCc3ccccc3)C(=O)NCC(N)=O)nn2)[C@H](OC(C)=O)[C@@H](OC(C)=O)[C@@H]1OC(C)=O. The van der Waals surface area contributed by atoms with Crippen molar-refractivity contribution in [3.63, 3.8) is 0 Å². The van der Waals surface area contributed by atoms with Gasteiger partial charge in [-0.25, -0.2) is 4.79 Å². The Hall–Kier alpha value is -5.59. The van der Waals surface area contributed by atoms with Gasteiger partial charge in [-0.1, -0.05) is 35.5 Å². The number of aryl methyl sites for hydroxylation is 1. The molecule has 19 nitrogen and oxygen atoms in total. The topological polar surface area (TPSA) is 256 Å². The van der Waals surface area contributed by atoms with Crippen LogP contribution in [0.25, 0.3) is 0 Å². The molecule has 1 aliphatic rings. The highest BCUT2D eigenvalue weighted by atomic mass is 16.7. The minimum atomic E-state index is -1.39. The number of hydrogen-bond acceptors (Lipinski definition) is 15. The number of rotatable bonds is 16. The van der Waals surface area contributed by atoms with Crippen molar-refractivity contribution in [2.24, 2.45) is 5.73 Å². The largest absolute Gasteiger partial charge is 0.463 e. The highest BCUT2D eigenvalue weighted by Gasteiger charge is 2.53. The Labute approximate surface area is 286 Å². The lowest BCUT2D eigenvalue weighted by molar-refractivity contribution is -0.255. The molecular weight excluding hydrogens is 664 g/mol. The number of nitrogens with one attached hydrogen (secondary N) is 2. The van der Waals surface area contributed by atoms with Gasteiger partial charge in [-0.2, -0.15) is 0 Å². The van der Waals surface area contributed by atoms with Gasteiger partial charge in [0, 0.05) is 34.2 Å². The molecular formula is C31H40N6O13. The standard InChI is InChI=1S/C31H40N6O13/c1-17(38)45-16-24-27(47-18(2)39)29(49-20(4)41)28(48-19(3)40)26(50-24)23-14-37(36-35-23)12-8-11-22(30(43)33-13-25(32)42)34-31(44)46-15-21-9-6-5-7-10-21/h5-7,9-10,14,22,24,26-29H,8,11-13,15-16H2,1-4H3,(H2,32,42)(H,33,43)(H,34,44)/t22-,24+,26-,27+,28-,29-/m0/s1. The van der Waals surface area contributed by atoms with Crippen LogP contribution < -0.4 is 16.4 Å². The van der Waals surface area contributed by atoms with Gasteiger partial charge in [-0.3, -0.25) is 33.4 Å². The van der Waals surface area contributed by atoms with E-state index >= 15 is 0 Å². The van der Waals surface area contributed by atoms with E-state index in [-0.39, 0.29) is 31.7 Å². The number of alkyl carbamates (subject to hydrolysis) is 1. The van der Waals surface area contributed by atoms with Crippen LogP contribution in [-0.4, -0.2) is 100 Å². The molecule has 1 aromatic heterocycles. The summed E-state index contributed by atoms with van der Waals surface area (Å²) in [5.74, 6) is -4.44. The van der Waals surface area contributed by atoms with E-state index < -0.39 is 91.5 Å². The van der Waals surface area contributed by atoms with E-state index in [1.807, 2.05) is 6.07 Å². The summed E-state index contributed by atoms with van der Waals surface area (Å²) in [6, 6.07) is 7.78. The lowest BCUT2D eigenvalue weighted by Crippen LogP contribution is -2.59. The fraction of sp³-hybridized carbons (Fsp3) is 0.516. The van der Waals surface area contributed by atoms with E-state index in [1.54, 1.807) is 24.3 Å². The number of nitrogens with zero attached hydrogens (tertiary/aromatic N) is 3. The monoisotopic (exact) mass is 704 g/mol. The first kappa shape index (κ1) is 38.9. The maximum atomic E-state index is 12.8. The molecule has 3 rings (SSSR count). The van der Waals surface area contributed by atoms with Crippen LogP contribution in [0.3, 0.4) is 0 Å². The van der Waals surface area contributed by atoms with E-state index in [1.165, 1.54) is 10.9 Å². The number of hydrogen-bond donors (Lipinski definition) is 3. The summed E-state index contributed by atoms with van der Waals surface area (Å²) < 4.78 is 34.1. The van der Waals surface area contributed by atoms with Crippen LogP contribution >= 0.6 is 0 Å². The highest BCUT2D eigenvalue weighted by Crippen LogP contribution is 2.37. The number of esters is 4. The first-order chi connectivity index (χ1) is 23.7. The summed E-state index contributed by atoms with van der Waals surface area (Å²) in [7, 11) is 0. The van der Waals surface area contributed by atoms with Gasteiger partial charge in [-0.15, -0.1) is 5.10 Å². The number of carbonyl (C=O) groups excluding carboxylic acids is 7. The minimum Gasteiger partial charge on any atom is -0.463 e. The minimum absolute atomic E-state index is 0.0384. The Morgan fingerprint density at radius 1 is 0.880 bits per heavy atom. The van der Waals surface area contributed by atoms with Gasteiger partial charge < -0.3 is 44.8 Å². The van der Waals surface area contributed by atoms with Crippen molar-refractivity contribution < 1.29 is 62.0 Å². The van der Waals surface area contributed by atoms with Crippen molar-refractivity contribution in [2.45, 2.75) is 90.2 Å². The van der Waals surface area contributed by atoms with E-state index in [9.17, 15) is 33.6 Å². The summed E-state index contributed by atoms with van der Waals surface area (Å²) in [6.45, 7) is 3.75. The molecule has 0 spiro atoms. The predicted molar refractivity (Wildman–Crippen MR) is 166 cm³/mol. The van der Waals surface area contributed by atoms with Gasteiger partial charge >= 0.3 is 30.0 Å². The molecule has 0 aliphatic carbocycles. The van der Waals surface area contributed by atoms with Crippen molar-refractivity contribution in [3.05, 3.63) is 47.8 Å². The molecule has 272 valence electrons.